The van der Waals surface area contributed by atoms with E-state index < -0.39 is 0 Å². The van der Waals surface area contributed by atoms with Crippen LogP contribution in [0.15, 0.2) is 22.7 Å². The third-order valence-corrected chi connectivity index (χ3v) is 3.93. The highest BCUT2D eigenvalue weighted by Gasteiger charge is 2.60. The molecular weight excluding hydrogens is 242 g/mol. The Morgan fingerprint density at radius 3 is 2.50 bits per heavy atom. The molecule has 76 valence electrons. The Balaban J connectivity index is 2.48. The molecule has 0 spiro atoms. The normalized spacial score (nSPS) is 28.9. The van der Waals surface area contributed by atoms with Gasteiger partial charge in [0.05, 0.1) is 0 Å². The minimum atomic E-state index is -0.287. The number of halogens is 1. The second kappa shape index (κ2) is 2.74. The molecule has 3 N–H and O–H groups in total. The van der Waals surface area contributed by atoms with Gasteiger partial charge in [0.15, 0.2) is 0 Å². The van der Waals surface area contributed by atoms with E-state index in [1.165, 1.54) is 0 Å². The van der Waals surface area contributed by atoms with E-state index in [1.54, 1.807) is 12.1 Å². The molecule has 14 heavy (non-hydrogen) atoms. The summed E-state index contributed by atoms with van der Waals surface area (Å²) in [6, 6.07) is 5.25. The van der Waals surface area contributed by atoms with Crippen LogP contribution in [0.2, 0.25) is 0 Å². The van der Waals surface area contributed by atoms with Crippen molar-refractivity contribution in [3.8, 4) is 5.75 Å². The van der Waals surface area contributed by atoms with Gasteiger partial charge in [-0.05, 0) is 35.6 Å². The van der Waals surface area contributed by atoms with Crippen LogP contribution in [0.5, 0.6) is 5.75 Å². The molecule has 2 nitrogen and oxygen atoms in total. The predicted molar refractivity (Wildman–Crippen MR) is 60.1 cm³/mol. The zero-order valence-corrected chi connectivity index (χ0v) is 9.93. The fourth-order valence-electron chi connectivity index (χ4n) is 1.97. The van der Waals surface area contributed by atoms with E-state index >= 15 is 0 Å². The fourth-order valence-corrected chi connectivity index (χ4v) is 2.57. The van der Waals surface area contributed by atoms with Gasteiger partial charge in [-0.15, -0.1) is 0 Å². The monoisotopic (exact) mass is 255 g/mol. The summed E-state index contributed by atoms with van der Waals surface area (Å²) in [5.41, 5.74) is 7.12. The van der Waals surface area contributed by atoms with Crippen LogP contribution in [0, 0.1) is 5.41 Å². The highest BCUT2D eigenvalue weighted by molar-refractivity contribution is 9.10. The van der Waals surface area contributed by atoms with Crippen molar-refractivity contribution >= 4 is 15.9 Å². The van der Waals surface area contributed by atoms with Gasteiger partial charge in [0.25, 0.3) is 0 Å². The zero-order chi connectivity index (χ0) is 10.6. The van der Waals surface area contributed by atoms with Gasteiger partial charge in [0, 0.05) is 10.0 Å². The van der Waals surface area contributed by atoms with Crippen LogP contribution < -0.4 is 5.73 Å². The summed E-state index contributed by atoms with van der Waals surface area (Å²) in [7, 11) is 0. The lowest BCUT2D eigenvalue weighted by Crippen LogP contribution is -2.25. The Kier molecular flexibility index (Phi) is 1.95. The van der Waals surface area contributed by atoms with Gasteiger partial charge in [-0.1, -0.05) is 29.8 Å². The second-order valence-corrected chi connectivity index (χ2v) is 5.55. The highest BCUT2D eigenvalue weighted by Crippen LogP contribution is 2.61. The molecule has 1 saturated carbocycles. The van der Waals surface area contributed by atoms with Crippen molar-refractivity contribution in [3.63, 3.8) is 0 Å². The zero-order valence-electron chi connectivity index (χ0n) is 8.34. The highest BCUT2D eigenvalue weighted by atomic mass is 79.9. The SMILES string of the molecule is CC1(C)CC1(N)c1cc(O)ccc1Br. The fraction of sp³-hybridized carbons (Fsp3) is 0.455. The number of phenolic OH excluding ortho intramolecular Hbond substituents is 1. The van der Waals surface area contributed by atoms with Crippen LogP contribution in [-0.4, -0.2) is 5.11 Å². The van der Waals surface area contributed by atoms with Gasteiger partial charge in [-0.2, -0.15) is 0 Å². The number of benzene rings is 1. The molecule has 2 rings (SSSR count). The smallest absolute Gasteiger partial charge is 0.116 e. The molecule has 0 bridgehead atoms. The van der Waals surface area contributed by atoms with Crippen molar-refractivity contribution in [1.29, 1.82) is 0 Å². The molecule has 0 aromatic heterocycles. The molecule has 0 heterocycles. The van der Waals surface area contributed by atoms with Crippen molar-refractivity contribution in [3.05, 3.63) is 28.2 Å². The first kappa shape index (κ1) is 9.99. The van der Waals surface area contributed by atoms with Gasteiger partial charge in [0.1, 0.15) is 5.75 Å². The molecule has 1 aliphatic carbocycles. The summed E-state index contributed by atoms with van der Waals surface area (Å²) in [6.07, 6.45) is 0.960. The van der Waals surface area contributed by atoms with Crippen LogP contribution in [0.3, 0.4) is 0 Å². The number of nitrogens with two attached hydrogens (primary N) is 1. The minimum Gasteiger partial charge on any atom is -0.508 e. The maximum Gasteiger partial charge on any atom is 0.116 e. The third kappa shape index (κ3) is 1.27. The molecule has 0 radical (unpaired) electrons. The quantitative estimate of drug-likeness (QED) is 0.811. The third-order valence-electron chi connectivity index (χ3n) is 3.23. The van der Waals surface area contributed by atoms with E-state index in [2.05, 4.69) is 29.8 Å². The Labute approximate surface area is 92.3 Å². The molecule has 1 fully saturated rings. The van der Waals surface area contributed by atoms with Gasteiger partial charge in [-0.25, -0.2) is 0 Å². The number of rotatable bonds is 1. The van der Waals surface area contributed by atoms with E-state index in [-0.39, 0.29) is 16.7 Å². The van der Waals surface area contributed by atoms with E-state index in [9.17, 15) is 5.11 Å². The number of aromatic hydroxyl groups is 1. The van der Waals surface area contributed by atoms with Gasteiger partial charge >= 0.3 is 0 Å². The van der Waals surface area contributed by atoms with Crippen LogP contribution >= 0.6 is 15.9 Å². The van der Waals surface area contributed by atoms with E-state index in [4.69, 9.17) is 5.73 Å². The Bertz CT molecular complexity index is 389. The van der Waals surface area contributed by atoms with Crippen molar-refractivity contribution in [2.24, 2.45) is 11.1 Å². The lowest BCUT2D eigenvalue weighted by atomic mass is 9.97. The Morgan fingerprint density at radius 1 is 1.43 bits per heavy atom. The molecule has 1 atom stereocenters. The van der Waals surface area contributed by atoms with Gasteiger partial charge in [-0.3, -0.25) is 0 Å². The summed E-state index contributed by atoms with van der Waals surface area (Å²) in [4.78, 5) is 0. The maximum absolute atomic E-state index is 9.42. The lowest BCUT2D eigenvalue weighted by molar-refractivity contribution is 0.467. The second-order valence-electron chi connectivity index (χ2n) is 4.70. The van der Waals surface area contributed by atoms with Crippen LogP contribution in [0.25, 0.3) is 0 Å². The van der Waals surface area contributed by atoms with Crippen molar-refractivity contribution in [2.45, 2.75) is 25.8 Å². The van der Waals surface area contributed by atoms with Gasteiger partial charge in [0.2, 0.25) is 0 Å². The molecule has 0 saturated heterocycles. The first-order chi connectivity index (χ1) is 6.37. The summed E-state index contributed by atoms with van der Waals surface area (Å²) in [5.74, 6) is 0.274. The lowest BCUT2D eigenvalue weighted by Gasteiger charge is -2.17. The standard InChI is InChI=1S/C11H14BrNO/c1-10(2)6-11(10,13)8-5-7(14)3-4-9(8)12/h3-5,14H,6,13H2,1-2H3. The van der Waals surface area contributed by atoms with E-state index in [1.807, 2.05) is 6.07 Å². The van der Waals surface area contributed by atoms with Gasteiger partial charge < -0.3 is 10.8 Å². The molecule has 0 amide bonds. The summed E-state index contributed by atoms with van der Waals surface area (Å²) >= 11 is 3.47. The maximum atomic E-state index is 9.42. The van der Waals surface area contributed by atoms with Crippen LogP contribution in [0.1, 0.15) is 25.8 Å². The predicted octanol–water partition coefficient (Wildman–Crippen LogP) is 2.74. The Hall–Kier alpha value is -0.540. The number of phenols is 1. The first-order valence-corrected chi connectivity index (χ1v) is 5.44. The first-order valence-electron chi connectivity index (χ1n) is 4.65. The summed E-state index contributed by atoms with van der Waals surface area (Å²) < 4.78 is 0.975. The van der Waals surface area contributed by atoms with Crippen molar-refractivity contribution in [2.75, 3.05) is 0 Å². The number of hydrogen-bond donors (Lipinski definition) is 2. The van der Waals surface area contributed by atoms with Crippen molar-refractivity contribution in [1.82, 2.24) is 0 Å². The molecule has 3 heteroatoms. The van der Waals surface area contributed by atoms with Crippen molar-refractivity contribution < 1.29 is 5.11 Å². The summed E-state index contributed by atoms with van der Waals surface area (Å²) in [5, 5.41) is 9.42. The van der Waals surface area contributed by atoms with E-state index in [0.29, 0.717) is 0 Å². The molecule has 1 unspecified atom stereocenters. The minimum absolute atomic E-state index is 0.128. The molecule has 0 aliphatic heterocycles. The molecule has 1 aromatic rings. The van der Waals surface area contributed by atoms with Crippen LogP contribution in [-0.2, 0) is 5.54 Å². The summed E-state index contributed by atoms with van der Waals surface area (Å²) in [6.45, 7) is 4.28. The average molecular weight is 256 g/mol. The van der Waals surface area contributed by atoms with E-state index in [0.717, 1.165) is 16.5 Å². The Morgan fingerprint density at radius 2 is 2.00 bits per heavy atom. The molecular formula is C11H14BrNO. The molecule has 1 aromatic carbocycles. The molecule has 1 aliphatic rings. The number of hydrogen-bond acceptors (Lipinski definition) is 2. The topological polar surface area (TPSA) is 46.2 Å². The average Bonchev–Trinajstić information content (AvgIpc) is 2.58. The largest absolute Gasteiger partial charge is 0.508 e. The van der Waals surface area contributed by atoms with Crippen LogP contribution in [0.4, 0.5) is 0 Å².